The molecule has 8 heteroatoms. The van der Waals surface area contributed by atoms with E-state index in [-0.39, 0.29) is 0 Å². The van der Waals surface area contributed by atoms with Crippen molar-refractivity contribution >= 4 is 11.2 Å². The van der Waals surface area contributed by atoms with Crippen LogP contribution in [0.25, 0.3) is 22.6 Å². The van der Waals surface area contributed by atoms with Gasteiger partial charge in [0.25, 0.3) is 5.56 Å². The topological polar surface area (TPSA) is 101 Å². The van der Waals surface area contributed by atoms with Gasteiger partial charge in [0.2, 0.25) is 0 Å². The maximum absolute atomic E-state index is 11.9. The minimum Gasteiger partial charge on any atom is -0.332 e. The van der Waals surface area contributed by atoms with Crippen LogP contribution in [-0.2, 0) is 13.6 Å². The number of rotatable bonds is 3. The molecule has 3 aromatic rings. The molecular formula is C13H16N6O2. The van der Waals surface area contributed by atoms with Crippen molar-refractivity contribution in [2.75, 3.05) is 0 Å². The number of nitrogens with zero attached hydrogens (tertiary/aromatic N) is 4. The van der Waals surface area contributed by atoms with Gasteiger partial charge in [-0.3, -0.25) is 19.0 Å². The first-order chi connectivity index (χ1) is 10.0. The zero-order valence-electron chi connectivity index (χ0n) is 12.1. The van der Waals surface area contributed by atoms with Gasteiger partial charge in [-0.2, -0.15) is 5.10 Å². The molecule has 0 bridgehead atoms. The number of imidazole rings is 1. The lowest BCUT2D eigenvalue weighted by molar-refractivity contribution is 0.653. The summed E-state index contributed by atoms with van der Waals surface area (Å²) in [5, 5.41) is 4.26. The van der Waals surface area contributed by atoms with Gasteiger partial charge in [-0.1, -0.05) is 6.92 Å². The molecule has 0 amide bonds. The smallest absolute Gasteiger partial charge is 0.330 e. The highest BCUT2D eigenvalue weighted by Crippen LogP contribution is 2.20. The molecule has 0 aliphatic rings. The van der Waals surface area contributed by atoms with Crippen molar-refractivity contribution in [3.05, 3.63) is 32.7 Å². The van der Waals surface area contributed by atoms with Crippen LogP contribution in [0.4, 0.5) is 0 Å². The highest BCUT2D eigenvalue weighted by atomic mass is 16.2. The van der Waals surface area contributed by atoms with Gasteiger partial charge in [0, 0.05) is 19.8 Å². The normalized spacial score (nSPS) is 11.4. The highest BCUT2D eigenvalue weighted by molar-refractivity contribution is 5.75. The molecule has 8 nitrogen and oxygen atoms in total. The standard InChI is InChI=1S/C13H16N6O2/c1-4-5-19-11-9(12(20)16-13(19)21)14-10(15-11)8-6-18(3)17-7(8)2/h6H,4-5H2,1-3H3,(H,14,15)(H,16,20,21). The van der Waals surface area contributed by atoms with Crippen molar-refractivity contribution in [2.45, 2.75) is 26.8 Å². The summed E-state index contributed by atoms with van der Waals surface area (Å²) >= 11 is 0. The van der Waals surface area contributed by atoms with Crippen molar-refractivity contribution in [1.82, 2.24) is 29.3 Å². The Balaban J connectivity index is 2.31. The number of hydrogen-bond acceptors (Lipinski definition) is 4. The molecule has 0 aliphatic heterocycles. The summed E-state index contributed by atoms with van der Waals surface area (Å²) in [5.74, 6) is 0.538. The molecule has 0 aromatic carbocycles. The molecule has 2 N–H and O–H groups in total. The van der Waals surface area contributed by atoms with E-state index in [9.17, 15) is 9.59 Å². The first-order valence-electron chi connectivity index (χ1n) is 6.74. The van der Waals surface area contributed by atoms with Crippen molar-refractivity contribution < 1.29 is 0 Å². The van der Waals surface area contributed by atoms with E-state index in [4.69, 9.17) is 0 Å². The molecule has 0 saturated heterocycles. The monoisotopic (exact) mass is 288 g/mol. The second-order valence-corrected chi connectivity index (χ2v) is 5.00. The molecule has 0 atom stereocenters. The fraction of sp³-hybridized carbons (Fsp3) is 0.385. The van der Waals surface area contributed by atoms with E-state index < -0.39 is 11.2 Å². The zero-order chi connectivity index (χ0) is 15.1. The van der Waals surface area contributed by atoms with Crippen molar-refractivity contribution in [3.63, 3.8) is 0 Å². The largest absolute Gasteiger partial charge is 0.332 e. The minimum atomic E-state index is -0.456. The van der Waals surface area contributed by atoms with Gasteiger partial charge in [0.05, 0.1) is 11.3 Å². The summed E-state index contributed by atoms with van der Waals surface area (Å²) in [6.45, 7) is 4.33. The third-order valence-electron chi connectivity index (χ3n) is 3.35. The van der Waals surface area contributed by atoms with E-state index in [0.29, 0.717) is 23.5 Å². The average molecular weight is 288 g/mol. The van der Waals surface area contributed by atoms with Gasteiger partial charge >= 0.3 is 5.69 Å². The number of H-pyrrole nitrogens is 2. The van der Waals surface area contributed by atoms with Gasteiger partial charge in [-0.25, -0.2) is 9.78 Å². The summed E-state index contributed by atoms with van der Waals surface area (Å²) < 4.78 is 3.16. The maximum Gasteiger partial charge on any atom is 0.330 e. The van der Waals surface area contributed by atoms with Crippen LogP contribution < -0.4 is 11.2 Å². The Morgan fingerprint density at radius 1 is 1.29 bits per heavy atom. The third kappa shape index (κ3) is 2.08. The fourth-order valence-corrected chi connectivity index (χ4v) is 2.43. The van der Waals surface area contributed by atoms with E-state index in [2.05, 4.69) is 20.1 Å². The van der Waals surface area contributed by atoms with Crippen LogP contribution in [-0.4, -0.2) is 29.3 Å². The molecule has 3 rings (SSSR count). The highest BCUT2D eigenvalue weighted by Gasteiger charge is 2.16. The van der Waals surface area contributed by atoms with Gasteiger partial charge in [-0.15, -0.1) is 0 Å². The lowest BCUT2D eigenvalue weighted by atomic mass is 10.2. The van der Waals surface area contributed by atoms with E-state index in [1.165, 1.54) is 4.57 Å². The molecule has 0 spiro atoms. The van der Waals surface area contributed by atoms with Crippen molar-refractivity contribution in [2.24, 2.45) is 7.05 Å². The number of aromatic amines is 2. The van der Waals surface area contributed by atoms with Crippen LogP contribution in [0.1, 0.15) is 19.0 Å². The lowest BCUT2D eigenvalue weighted by Crippen LogP contribution is -2.30. The summed E-state index contributed by atoms with van der Waals surface area (Å²) in [5.41, 5.74) is 1.41. The summed E-state index contributed by atoms with van der Waals surface area (Å²) in [7, 11) is 1.82. The number of fused-ring (bicyclic) bond motifs is 1. The lowest BCUT2D eigenvalue weighted by Gasteiger charge is -2.02. The Hall–Kier alpha value is -2.64. The molecule has 0 fully saturated rings. The average Bonchev–Trinajstić information content (AvgIpc) is 2.98. The SMILES string of the molecule is CCCn1c(=O)[nH]c(=O)c2[nH]c(-c3cn(C)nc3C)nc21. The van der Waals surface area contributed by atoms with Crippen LogP contribution in [0, 0.1) is 6.92 Å². The first-order valence-corrected chi connectivity index (χ1v) is 6.74. The molecule has 0 saturated carbocycles. The Morgan fingerprint density at radius 2 is 2.05 bits per heavy atom. The molecular weight excluding hydrogens is 272 g/mol. The quantitative estimate of drug-likeness (QED) is 0.734. The zero-order valence-corrected chi connectivity index (χ0v) is 12.1. The number of aromatic nitrogens is 6. The van der Waals surface area contributed by atoms with Gasteiger partial charge < -0.3 is 4.98 Å². The van der Waals surface area contributed by atoms with Crippen molar-refractivity contribution in [3.8, 4) is 11.4 Å². The van der Waals surface area contributed by atoms with Gasteiger partial charge in [0.15, 0.2) is 5.65 Å². The first kappa shape index (κ1) is 13.3. The number of nitrogens with one attached hydrogen (secondary N) is 2. The predicted octanol–water partition coefficient (Wildman–Crippen LogP) is 0.532. The number of hydrogen-bond donors (Lipinski definition) is 2. The second kappa shape index (κ2) is 4.72. The van der Waals surface area contributed by atoms with Gasteiger partial charge in [0.1, 0.15) is 11.3 Å². The molecule has 3 aromatic heterocycles. The Kier molecular flexibility index (Phi) is 3.00. The van der Waals surface area contributed by atoms with Gasteiger partial charge in [-0.05, 0) is 13.3 Å². The van der Waals surface area contributed by atoms with Crippen LogP contribution in [0.5, 0.6) is 0 Å². The van der Waals surface area contributed by atoms with Crippen LogP contribution in [0.2, 0.25) is 0 Å². The Bertz CT molecular complexity index is 926. The molecule has 21 heavy (non-hydrogen) atoms. The molecule has 0 unspecified atom stereocenters. The molecule has 0 radical (unpaired) electrons. The van der Waals surface area contributed by atoms with Crippen LogP contribution in [0.3, 0.4) is 0 Å². The van der Waals surface area contributed by atoms with E-state index in [1.807, 2.05) is 27.1 Å². The molecule has 110 valence electrons. The molecule has 3 heterocycles. The number of aryl methyl sites for hydroxylation is 3. The van der Waals surface area contributed by atoms with E-state index >= 15 is 0 Å². The van der Waals surface area contributed by atoms with E-state index in [0.717, 1.165) is 17.7 Å². The summed E-state index contributed by atoms with van der Waals surface area (Å²) in [6, 6.07) is 0. The minimum absolute atomic E-state index is 0.307. The summed E-state index contributed by atoms with van der Waals surface area (Å²) in [6.07, 6.45) is 2.60. The fourth-order valence-electron chi connectivity index (χ4n) is 2.43. The second-order valence-electron chi connectivity index (χ2n) is 5.00. The summed E-state index contributed by atoms with van der Waals surface area (Å²) in [4.78, 5) is 33.6. The van der Waals surface area contributed by atoms with E-state index in [1.54, 1.807) is 4.68 Å². The van der Waals surface area contributed by atoms with Crippen molar-refractivity contribution in [1.29, 1.82) is 0 Å². The van der Waals surface area contributed by atoms with Crippen LogP contribution in [0.15, 0.2) is 15.8 Å². The molecule has 0 aliphatic carbocycles. The maximum atomic E-state index is 11.9. The Morgan fingerprint density at radius 3 is 2.67 bits per heavy atom. The van der Waals surface area contributed by atoms with Crippen LogP contribution >= 0.6 is 0 Å². The predicted molar refractivity (Wildman–Crippen MR) is 78.2 cm³/mol. The Labute approximate surface area is 119 Å². The third-order valence-corrected chi connectivity index (χ3v) is 3.35.